The number of hydrogen-bond acceptors (Lipinski definition) is 3. The maximum Gasteiger partial charge on any atom is 0.138 e. The summed E-state index contributed by atoms with van der Waals surface area (Å²) in [5, 5.41) is 3.66. The van der Waals surface area contributed by atoms with E-state index < -0.39 is 0 Å². The average molecular weight is 407 g/mol. The Hall–Kier alpha value is -1.21. The van der Waals surface area contributed by atoms with Gasteiger partial charge in [0.1, 0.15) is 11.6 Å². The zero-order chi connectivity index (χ0) is 14.7. The van der Waals surface area contributed by atoms with Crippen molar-refractivity contribution in [3.05, 3.63) is 50.3 Å². The van der Waals surface area contributed by atoms with Crippen LogP contribution in [-0.4, -0.2) is 7.11 Å². The van der Waals surface area contributed by atoms with Crippen LogP contribution in [0.25, 0.3) is 0 Å². The molecule has 0 unspecified atom stereocenters. The lowest BCUT2D eigenvalue weighted by molar-refractivity contribution is 0.410. The molecule has 3 N–H and O–H groups in total. The molecule has 0 amide bonds. The molecular weight excluding hydrogens is 394 g/mol. The monoisotopic (exact) mass is 406 g/mol. The van der Waals surface area contributed by atoms with E-state index in [0.29, 0.717) is 32.3 Å². The van der Waals surface area contributed by atoms with Gasteiger partial charge in [0.25, 0.3) is 0 Å². The van der Waals surface area contributed by atoms with Gasteiger partial charge in [-0.05, 0) is 40.8 Å². The molecule has 106 valence electrons. The third-order valence-corrected chi connectivity index (χ3v) is 4.02. The molecule has 0 heterocycles. The second-order valence-electron chi connectivity index (χ2n) is 4.13. The van der Waals surface area contributed by atoms with Gasteiger partial charge in [0.05, 0.1) is 22.1 Å². The fourth-order valence-electron chi connectivity index (χ4n) is 1.80. The van der Waals surface area contributed by atoms with Gasteiger partial charge < -0.3 is 15.8 Å². The second-order valence-corrected chi connectivity index (χ2v) is 5.70. The van der Waals surface area contributed by atoms with Gasteiger partial charge in [0, 0.05) is 23.2 Å². The minimum Gasteiger partial charge on any atom is -0.496 e. The molecule has 2 aromatic carbocycles. The summed E-state index contributed by atoms with van der Waals surface area (Å²) >= 11 is 8.04. The van der Waals surface area contributed by atoms with Crippen molar-refractivity contribution < 1.29 is 9.13 Å². The van der Waals surface area contributed by atoms with Crippen molar-refractivity contribution in [1.82, 2.24) is 0 Å². The summed E-state index contributed by atoms with van der Waals surface area (Å²) in [4.78, 5) is 0. The Kier molecular flexibility index (Phi) is 4.93. The van der Waals surface area contributed by atoms with Crippen LogP contribution in [0, 0.1) is 9.39 Å². The van der Waals surface area contributed by atoms with Crippen molar-refractivity contribution >= 4 is 45.6 Å². The van der Waals surface area contributed by atoms with Gasteiger partial charge in [-0.25, -0.2) is 4.39 Å². The first kappa shape index (κ1) is 15.2. The standard InChI is InChI=1S/C14H13ClFIN2O/c1-20-14-4-2-3-9(15)8(14)7-19-13-5-10(16)11(17)6-12(13)18/h2-6,19H,7,18H2,1H3. The smallest absolute Gasteiger partial charge is 0.138 e. The van der Waals surface area contributed by atoms with E-state index in [1.165, 1.54) is 6.07 Å². The Bertz CT molecular complexity index is 637. The van der Waals surface area contributed by atoms with Crippen molar-refractivity contribution in [2.45, 2.75) is 6.54 Å². The van der Waals surface area contributed by atoms with Gasteiger partial charge in [-0.15, -0.1) is 0 Å². The van der Waals surface area contributed by atoms with Gasteiger partial charge in [-0.2, -0.15) is 0 Å². The Morgan fingerprint density at radius 2 is 2.15 bits per heavy atom. The Labute approximate surface area is 135 Å². The number of halogens is 3. The summed E-state index contributed by atoms with van der Waals surface area (Å²) in [6, 6.07) is 8.37. The molecule has 0 atom stereocenters. The summed E-state index contributed by atoms with van der Waals surface area (Å²) in [6.45, 7) is 0.396. The van der Waals surface area contributed by atoms with Crippen LogP contribution in [0.1, 0.15) is 5.56 Å². The first-order valence-corrected chi connectivity index (χ1v) is 7.28. The van der Waals surface area contributed by atoms with E-state index in [4.69, 9.17) is 22.1 Å². The molecule has 2 rings (SSSR count). The topological polar surface area (TPSA) is 47.3 Å². The number of nitrogen functional groups attached to an aromatic ring is 1. The van der Waals surface area contributed by atoms with E-state index in [2.05, 4.69) is 5.32 Å². The number of benzene rings is 2. The van der Waals surface area contributed by atoms with Crippen molar-refractivity contribution in [2.24, 2.45) is 0 Å². The summed E-state index contributed by atoms with van der Waals surface area (Å²) in [7, 11) is 1.58. The fraction of sp³-hybridized carbons (Fsp3) is 0.143. The first-order valence-electron chi connectivity index (χ1n) is 5.82. The molecule has 3 nitrogen and oxygen atoms in total. The zero-order valence-electron chi connectivity index (χ0n) is 10.7. The van der Waals surface area contributed by atoms with Crippen LogP contribution in [0.2, 0.25) is 5.02 Å². The van der Waals surface area contributed by atoms with Crippen LogP contribution in [0.3, 0.4) is 0 Å². The van der Waals surface area contributed by atoms with Crippen molar-refractivity contribution in [1.29, 1.82) is 0 Å². The largest absolute Gasteiger partial charge is 0.496 e. The fourth-order valence-corrected chi connectivity index (χ4v) is 2.52. The quantitative estimate of drug-likeness (QED) is 0.588. The van der Waals surface area contributed by atoms with Crippen LogP contribution < -0.4 is 15.8 Å². The second kappa shape index (κ2) is 6.49. The lowest BCUT2D eigenvalue weighted by atomic mass is 10.2. The molecule has 20 heavy (non-hydrogen) atoms. The van der Waals surface area contributed by atoms with E-state index >= 15 is 0 Å². The summed E-state index contributed by atoms with van der Waals surface area (Å²) in [6.07, 6.45) is 0. The molecule has 0 spiro atoms. The molecule has 0 radical (unpaired) electrons. The number of nitrogens with two attached hydrogens (primary N) is 1. The van der Waals surface area contributed by atoms with Crippen LogP contribution in [-0.2, 0) is 6.54 Å². The average Bonchev–Trinajstić information content (AvgIpc) is 2.42. The van der Waals surface area contributed by atoms with Crippen molar-refractivity contribution in [2.75, 3.05) is 18.2 Å². The molecule has 0 fully saturated rings. The van der Waals surface area contributed by atoms with Gasteiger partial charge in [0.15, 0.2) is 0 Å². The maximum atomic E-state index is 13.6. The Balaban J connectivity index is 2.23. The van der Waals surface area contributed by atoms with E-state index in [-0.39, 0.29) is 5.82 Å². The highest BCUT2D eigenvalue weighted by Gasteiger charge is 2.10. The molecule has 2 aromatic rings. The van der Waals surface area contributed by atoms with E-state index in [1.807, 2.05) is 34.7 Å². The lowest BCUT2D eigenvalue weighted by Crippen LogP contribution is -2.05. The van der Waals surface area contributed by atoms with Crippen LogP contribution in [0.4, 0.5) is 15.8 Å². The van der Waals surface area contributed by atoms with E-state index in [9.17, 15) is 4.39 Å². The maximum absolute atomic E-state index is 13.6. The molecule has 0 aliphatic heterocycles. The normalized spacial score (nSPS) is 10.4. The molecule has 0 saturated carbocycles. The number of methoxy groups -OCH3 is 1. The van der Waals surface area contributed by atoms with Crippen LogP contribution in [0.5, 0.6) is 5.75 Å². The number of nitrogens with one attached hydrogen (secondary N) is 1. The summed E-state index contributed by atoms with van der Waals surface area (Å²) in [5.74, 6) is 0.364. The van der Waals surface area contributed by atoms with Gasteiger partial charge in [-0.1, -0.05) is 17.7 Å². The Morgan fingerprint density at radius 3 is 2.85 bits per heavy atom. The van der Waals surface area contributed by atoms with E-state index in [1.54, 1.807) is 19.2 Å². The third-order valence-electron chi connectivity index (χ3n) is 2.84. The molecule has 0 bridgehead atoms. The minimum absolute atomic E-state index is 0.312. The molecule has 0 aliphatic carbocycles. The number of ether oxygens (including phenoxy) is 1. The van der Waals surface area contributed by atoms with Gasteiger partial charge in [0.2, 0.25) is 0 Å². The number of rotatable bonds is 4. The minimum atomic E-state index is -0.312. The highest BCUT2D eigenvalue weighted by atomic mass is 127. The molecular formula is C14H13ClFIN2O. The molecule has 0 saturated heterocycles. The van der Waals surface area contributed by atoms with Gasteiger partial charge in [-0.3, -0.25) is 0 Å². The molecule has 6 heteroatoms. The first-order chi connectivity index (χ1) is 9.52. The number of hydrogen-bond donors (Lipinski definition) is 2. The highest BCUT2D eigenvalue weighted by Crippen LogP contribution is 2.29. The molecule has 0 aromatic heterocycles. The number of anilines is 2. The van der Waals surface area contributed by atoms with E-state index in [0.717, 1.165) is 5.56 Å². The van der Waals surface area contributed by atoms with Crippen molar-refractivity contribution in [3.8, 4) is 5.75 Å². The summed E-state index contributed by atoms with van der Waals surface area (Å²) in [5.41, 5.74) is 7.69. The van der Waals surface area contributed by atoms with Crippen molar-refractivity contribution in [3.63, 3.8) is 0 Å². The summed E-state index contributed by atoms with van der Waals surface area (Å²) < 4.78 is 19.3. The predicted octanol–water partition coefficient (Wildman–Crippen LogP) is 4.29. The third kappa shape index (κ3) is 3.27. The highest BCUT2D eigenvalue weighted by molar-refractivity contribution is 14.1. The lowest BCUT2D eigenvalue weighted by Gasteiger charge is -2.14. The zero-order valence-corrected chi connectivity index (χ0v) is 13.6. The predicted molar refractivity (Wildman–Crippen MR) is 88.9 cm³/mol. The van der Waals surface area contributed by atoms with Gasteiger partial charge >= 0.3 is 0 Å². The Morgan fingerprint density at radius 1 is 1.40 bits per heavy atom. The molecule has 0 aliphatic rings. The van der Waals surface area contributed by atoms with Crippen LogP contribution in [0.15, 0.2) is 30.3 Å². The SMILES string of the molecule is COc1cccc(Cl)c1CNc1cc(F)c(I)cc1N. The van der Waals surface area contributed by atoms with Crippen LogP contribution >= 0.6 is 34.2 Å².